The number of nitrogens with zero attached hydrogens (tertiary/aromatic N) is 2. The lowest BCUT2D eigenvalue weighted by atomic mass is 10.1. The summed E-state index contributed by atoms with van der Waals surface area (Å²) in [7, 11) is -3.54. The van der Waals surface area contributed by atoms with Gasteiger partial charge in [-0.3, -0.25) is 4.79 Å². The number of sulfonamides is 1. The first-order valence-corrected chi connectivity index (χ1v) is 9.94. The van der Waals surface area contributed by atoms with E-state index in [-0.39, 0.29) is 23.0 Å². The Morgan fingerprint density at radius 1 is 1.04 bits per heavy atom. The second kappa shape index (κ2) is 7.41. The first kappa shape index (κ1) is 18.3. The Morgan fingerprint density at radius 3 is 2.16 bits per heavy atom. The van der Waals surface area contributed by atoms with Gasteiger partial charge in [0.15, 0.2) is 0 Å². The van der Waals surface area contributed by atoms with Crippen LogP contribution in [-0.4, -0.2) is 75.1 Å². The number of carbonyl (C=O) groups is 1. The SMILES string of the molecule is CC1CN(C(=O)c2ccc(S(=O)(=O)N3CCOCC3)cc2)CC(C)O1. The summed E-state index contributed by atoms with van der Waals surface area (Å²) < 4.78 is 37.5. The maximum absolute atomic E-state index is 12.6. The first-order valence-electron chi connectivity index (χ1n) is 8.50. The van der Waals surface area contributed by atoms with Crippen molar-refractivity contribution in [2.45, 2.75) is 31.0 Å². The van der Waals surface area contributed by atoms with Crippen LogP contribution in [-0.2, 0) is 19.5 Å². The topological polar surface area (TPSA) is 76.2 Å². The Balaban J connectivity index is 1.74. The maximum atomic E-state index is 12.6. The minimum absolute atomic E-state index is 0.00586. The van der Waals surface area contributed by atoms with Crippen LogP contribution in [0.1, 0.15) is 24.2 Å². The molecule has 25 heavy (non-hydrogen) atoms. The van der Waals surface area contributed by atoms with Gasteiger partial charge in [-0.1, -0.05) is 0 Å². The molecule has 0 bridgehead atoms. The Labute approximate surface area is 148 Å². The summed E-state index contributed by atoms with van der Waals surface area (Å²) in [6, 6.07) is 6.18. The van der Waals surface area contributed by atoms with E-state index in [4.69, 9.17) is 9.47 Å². The van der Waals surface area contributed by atoms with E-state index in [2.05, 4.69) is 0 Å². The highest BCUT2D eigenvalue weighted by Gasteiger charge is 2.28. The predicted molar refractivity (Wildman–Crippen MR) is 91.9 cm³/mol. The van der Waals surface area contributed by atoms with Crippen molar-refractivity contribution in [3.05, 3.63) is 29.8 Å². The van der Waals surface area contributed by atoms with Crippen LogP contribution < -0.4 is 0 Å². The number of morpholine rings is 2. The van der Waals surface area contributed by atoms with Gasteiger partial charge in [0.1, 0.15) is 0 Å². The molecule has 0 spiro atoms. The van der Waals surface area contributed by atoms with E-state index in [1.54, 1.807) is 17.0 Å². The van der Waals surface area contributed by atoms with E-state index in [1.807, 2.05) is 13.8 Å². The number of ether oxygens (including phenoxy) is 2. The third kappa shape index (κ3) is 4.03. The Kier molecular flexibility index (Phi) is 5.43. The van der Waals surface area contributed by atoms with Gasteiger partial charge in [0.05, 0.1) is 30.3 Å². The van der Waals surface area contributed by atoms with Crippen molar-refractivity contribution < 1.29 is 22.7 Å². The van der Waals surface area contributed by atoms with Crippen LogP contribution in [0.3, 0.4) is 0 Å². The molecule has 2 atom stereocenters. The number of hydrogen-bond acceptors (Lipinski definition) is 5. The second-order valence-electron chi connectivity index (χ2n) is 6.51. The molecule has 7 nitrogen and oxygen atoms in total. The fourth-order valence-corrected chi connectivity index (χ4v) is 4.64. The quantitative estimate of drug-likeness (QED) is 0.794. The van der Waals surface area contributed by atoms with Crippen LogP contribution in [0.5, 0.6) is 0 Å². The van der Waals surface area contributed by atoms with E-state index in [0.29, 0.717) is 45.0 Å². The molecule has 1 aromatic carbocycles. The van der Waals surface area contributed by atoms with Crippen LogP contribution in [0, 0.1) is 0 Å². The lowest BCUT2D eigenvalue weighted by Gasteiger charge is -2.35. The number of carbonyl (C=O) groups excluding carboxylic acids is 1. The van der Waals surface area contributed by atoms with E-state index >= 15 is 0 Å². The molecular weight excluding hydrogens is 344 g/mol. The lowest BCUT2D eigenvalue weighted by Crippen LogP contribution is -2.48. The molecule has 2 unspecified atom stereocenters. The van der Waals surface area contributed by atoms with Crippen LogP contribution in [0.25, 0.3) is 0 Å². The van der Waals surface area contributed by atoms with E-state index < -0.39 is 10.0 Å². The summed E-state index contributed by atoms with van der Waals surface area (Å²) in [4.78, 5) is 14.6. The molecule has 1 amide bonds. The van der Waals surface area contributed by atoms with Crippen LogP contribution in [0.2, 0.25) is 0 Å². The van der Waals surface area contributed by atoms with Crippen molar-refractivity contribution in [3.63, 3.8) is 0 Å². The van der Waals surface area contributed by atoms with Crippen molar-refractivity contribution in [2.24, 2.45) is 0 Å². The molecule has 0 N–H and O–H groups in total. The Hall–Kier alpha value is -1.48. The molecule has 2 heterocycles. The molecule has 138 valence electrons. The number of amides is 1. The zero-order valence-corrected chi connectivity index (χ0v) is 15.4. The number of rotatable bonds is 3. The van der Waals surface area contributed by atoms with Gasteiger partial charge in [0.2, 0.25) is 10.0 Å². The normalized spacial score (nSPS) is 25.8. The van der Waals surface area contributed by atoms with E-state index in [0.717, 1.165) is 0 Å². The van der Waals surface area contributed by atoms with Crippen molar-refractivity contribution in [1.82, 2.24) is 9.21 Å². The summed E-state index contributed by atoms with van der Waals surface area (Å²) >= 11 is 0. The molecule has 2 saturated heterocycles. The molecular formula is C17H24N2O5S. The third-order valence-electron chi connectivity index (χ3n) is 4.42. The van der Waals surface area contributed by atoms with Crippen LogP contribution >= 0.6 is 0 Å². The predicted octanol–water partition coefficient (Wildman–Crippen LogP) is 0.957. The highest BCUT2D eigenvalue weighted by atomic mass is 32.2. The highest BCUT2D eigenvalue weighted by Crippen LogP contribution is 2.19. The van der Waals surface area contributed by atoms with Gasteiger partial charge < -0.3 is 14.4 Å². The number of hydrogen-bond donors (Lipinski definition) is 0. The van der Waals surface area contributed by atoms with Crippen molar-refractivity contribution in [3.8, 4) is 0 Å². The molecule has 8 heteroatoms. The Bertz CT molecular complexity index is 703. The average molecular weight is 368 g/mol. The molecule has 0 aromatic heterocycles. The van der Waals surface area contributed by atoms with Crippen LogP contribution in [0.15, 0.2) is 29.2 Å². The largest absolute Gasteiger partial charge is 0.379 e. The fourth-order valence-electron chi connectivity index (χ4n) is 3.23. The van der Waals surface area contributed by atoms with Crippen molar-refractivity contribution >= 4 is 15.9 Å². The summed E-state index contributed by atoms with van der Waals surface area (Å²) in [6.07, 6.45) is -0.0117. The third-order valence-corrected chi connectivity index (χ3v) is 6.33. The van der Waals surface area contributed by atoms with E-state index in [1.165, 1.54) is 16.4 Å². The number of benzene rings is 1. The average Bonchev–Trinajstić information content (AvgIpc) is 2.61. The first-order chi connectivity index (χ1) is 11.9. The maximum Gasteiger partial charge on any atom is 0.254 e. The van der Waals surface area contributed by atoms with Gasteiger partial charge in [0, 0.05) is 31.7 Å². The molecule has 2 fully saturated rings. The summed E-state index contributed by atoms with van der Waals surface area (Å²) in [6.45, 7) is 6.47. The summed E-state index contributed by atoms with van der Waals surface area (Å²) in [5, 5.41) is 0. The van der Waals surface area contributed by atoms with Gasteiger partial charge in [-0.15, -0.1) is 0 Å². The van der Waals surface area contributed by atoms with Gasteiger partial charge in [0.25, 0.3) is 5.91 Å². The van der Waals surface area contributed by atoms with Gasteiger partial charge in [-0.05, 0) is 38.1 Å². The summed E-state index contributed by atoms with van der Waals surface area (Å²) in [5.41, 5.74) is 0.488. The van der Waals surface area contributed by atoms with Gasteiger partial charge in [-0.25, -0.2) is 8.42 Å². The molecule has 2 aliphatic heterocycles. The molecule has 0 saturated carbocycles. The lowest BCUT2D eigenvalue weighted by molar-refractivity contribution is -0.0586. The van der Waals surface area contributed by atoms with E-state index in [9.17, 15) is 13.2 Å². The molecule has 0 aliphatic carbocycles. The monoisotopic (exact) mass is 368 g/mol. The zero-order chi connectivity index (χ0) is 18.0. The second-order valence-corrected chi connectivity index (χ2v) is 8.45. The fraction of sp³-hybridized carbons (Fsp3) is 0.588. The Morgan fingerprint density at radius 2 is 1.60 bits per heavy atom. The molecule has 2 aliphatic rings. The minimum Gasteiger partial charge on any atom is -0.379 e. The molecule has 0 radical (unpaired) electrons. The standard InChI is InChI=1S/C17H24N2O5S/c1-13-11-18(12-14(2)24-13)17(20)15-3-5-16(6-4-15)25(21,22)19-7-9-23-10-8-19/h3-6,13-14H,7-12H2,1-2H3. The molecule has 1 aromatic rings. The van der Waals surface area contributed by atoms with Crippen molar-refractivity contribution in [1.29, 1.82) is 0 Å². The van der Waals surface area contributed by atoms with Gasteiger partial charge in [-0.2, -0.15) is 4.31 Å². The van der Waals surface area contributed by atoms with Crippen molar-refractivity contribution in [2.75, 3.05) is 39.4 Å². The zero-order valence-electron chi connectivity index (χ0n) is 14.6. The minimum atomic E-state index is -3.54. The summed E-state index contributed by atoms with van der Waals surface area (Å²) in [5.74, 6) is -0.0997. The van der Waals surface area contributed by atoms with Crippen LogP contribution in [0.4, 0.5) is 0 Å². The highest BCUT2D eigenvalue weighted by molar-refractivity contribution is 7.89. The molecule has 3 rings (SSSR count). The van der Waals surface area contributed by atoms with Gasteiger partial charge >= 0.3 is 0 Å². The smallest absolute Gasteiger partial charge is 0.254 e.